The summed E-state index contributed by atoms with van der Waals surface area (Å²) in [6.45, 7) is 4.13. The minimum atomic E-state index is 0.518. The van der Waals surface area contributed by atoms with Gasteiger partial charge in [0.1, 0.15) is 0 Å². The van der Waals surface area contributed by atoms with E-state index in [-0.39, 0.29) is 0 Å². The highest BCUT2D eigenvalue weighted by atomic mass is 127. The summed E-state index contributed by atoms with van der Waals surface area (Å²) in [5.74, 6) is 0. The number of nitrogens with zero attached hydrogens (tertiary/aromatic N) is 1. The van der Waals surface area contributed by atoms with Crippen molar-refractivity contribution in [2.45, 2.75) is 20.3 Å². The van der Waals surface area contributed by atoms with Gasteiger partial charge in [-0.2, -0.15) is 5.26 Å². The van der Waals surface area contributed by atoms with Crippen molar-refractivity contribution in [3.05, 3.63) is 32.4 Å². The van der Waals surface area contributed by atoms with E-state index >= 15 is 0 Å². The molecule has 1 aromatic rings. The normalized spacial score (nSPS) is 9.50. The molecule has 0 aliphatic heterocycles. The number of halogens is 1. The summed E-state index contributed by atoms with van der Waals surface area (Å²) in [6.07, 6.45) is 0.518. The molecule has 1 aromatic carbocycles. The molecule has 0 saturated carbocycles. The van der Waals surface area contributed by atoms with E-state index in [1.807, 2.05) is 0 Å². The summed E-state index contributed by atoms with van der Waals surface area (Å²) < 4.78 is 1.20. The molecule has 1 nitrogen and oxygen atoms in total. The Morgan fingerprint density at radius 2 is 2.08 bits per heavy atom. The lowest BCUT2D eigenvalue weighted by Gasteiger charge is -2.05. The Kier molecular flexibility index (Phi) is 3.10. The second kappa shape index (κ2) is 3.90. The number of aryl methyl sites for hydroxylation is 2. The van der Waals surface area contributed by atoms with Crippen LogP contribution in [0.2, 0.25) is 0 Å². The second-order valence-electron chi connectivity index (χ2n) is 2.88. The maximum atomic E-state index is 8.58. The van der Waals surface area contributed by atoms with Crippen molar-refractivity contribution in [1.29, 1.82) is 5.26 Å². The predicted octanol–water partition coefficient (Wildman–Crippen LogP) is 2.97. The zero-order chi connectivity index (χ0) is 9.14. The Balaban J connectivity index is 3.21. The Bertz CT molecular complexity index is 313. The molecule has 0 N–H and O–H groups in total. The van der Waals surface area contributed by atoms with E-state index in [0.29, 0.717) is 6.42 Å². The zero-order valence-electron chi connectivity index (χ0n) is 7.19. The van der Waals surface area contributed by atoms with Gasteiger partial charge in [0.15, 0.2) is 0 Å². The summed E-state index contributed by atoms with van der Waals surface area (Å²) in [5, 5.41) is 8.58. The van der Waals surface area contributed by atoms with Crippen LogP contribution in [0.3, 0.4) is 0 Å². The van der Waals surface area contributed by atoms with Crippen LogP contribution in [0.5, 0.6) is 0 Å². The standard InChI is InChI=1S/C10H10IN/c1-7-5-8(2)9(3-4-12)10(11)6-7/h5-6H,3H2,1-2H3. The molecule has 0 unspecified atom stereocenters. The van der Waals surface area contributed by atoms with Crippen LogP contribution in [-0.2, 0) is 6.42 Å². The van der Waals surface area contributed by atoms with Crippen LogP contribution in [0, 0.1) is 28.7 Å². The lowest BCUT2D eigenvalue weighted by atomic mass is 10.0. The molecular formula is C10H10IN. The SMILES string of the molecule is Cc1cc(C)c(CC#N)c(I)c1. The largest absolute Gasteiger partial charge is 0.198 e. The first-order valence-corrected chi connectivity index (χ1v) is 4.85. The molecule has 0 saturated heterocycles. The van der Waals surface area contributed by atoms with Gasteiger partial charge in [-0.15, -0.1) is 0 Å². The highest BCUT2D eigenvalue weighted by Crippen LogP contribution is 2.19. The van der Waals surface area contributed by atoms with E-state index in [0.717, 1.165) is 0 Å². The van der Waals surface area contributed by atoms with Crippen LogP contribution in [-0.4, -0.2) is 0 Å². The average Bonchev–Trinajstić information content (AvgIpc) is 1.96. The fourth-order valence-electron chi connectivity index (χ4n) is 1.25. The first-order chi connectivity index (χ1) is 5.65. The van der Waals surface area contributed by atoms with Gasteiger partial charge in [0.2, 0.25) is 0 Å². The van der Waals surface area contributed by atoms with Crippen LogP contribution in [0.1, 0.15) is 16.7 Å². The predicted molar refractivity (Wildman–Crippen MR) is 58.0 cm³/mol. The van der Waals surface area contributed by atoms with Crippen LogP contribution in [0.4, 0.5) is 0 Å². The number of hydrogen-bond donors (Lipinski definition) is 0. The minimum Gasteiger partial charge on any atom is -0.198 e. The van der Waals surface area contributed by atoms with Gasteiger partial charge in [-0.25, -0.2) is 0 Å². The van der Waals surface area contributed by atoms with Gasteiger partial charge in [0, 0.05) is 3.57 Å². The molecule has 0 atom stereocenters. The van der Waals surface area contributed by atoms with Crippen molar-refractivity contribution < 1.29 is 0 Å². The summed E-state index contributed by atoms with van der Waals surface area (Å²) in [5.41, 5.74) is 3.66. The van der Waals surface area contributed by atoms with Crippen LogP contribution < -0.4 is 0 Å². The van der Waals surface area contributed by atoms with Gasteiger partial charge >= 0.3 is 0 Å². The summed E-state index contributed by atoms with van der Waals surface area (Å²) >= 11 is 2.28. The first kappa shape index (κ1) is 9.53. The van der Waals surface area contributed by atoms with Gasteiger partial charge < -0.3 is 0 Å². The third-order valence-corrected chi connectivity index (χ3v) is 2.78. The summed E-state index contributed by atoms with van der Waals surface area (Å²) in [6, 6.07) is 6.41. The quantitative estimate of drug-likeness (QED) is 0.720. The van der Waals surface area contributed by atoms with Crippen molar-refractivity contribution in [2.24, 2.45) is 0 Å². The molecule has 0 fully saturated rings. The molecule has 0 spiro atoms. The molecule has 0 radical (unpaired) electrons. The topological polar surface area (TPSA) is 23.8 Å². The van der Waals surface area contributed by atoms with E-state index < -0.39 is 0 Å². The van der Waals surface area contributed by atoms with E-state index in [1.54, 1.807) is 0 Å². The molecule has 2 heteroatoms. The molecular weight excluding hydrogens is 261 g/mol. The smallest absolute Gasteiger partial charge is 0.0670 e. The zero-order valence-corrected chi connectivity index (χ0v) is 9.34. The van der Waals surface area contributed by atoms with Crippen molar-refractivity contribution in [2.75, 3.05) is 0 Å². The molecule has 62 valence electrons. The highest BCUT2D eigenvalue weighted by molar-refractivity contribution is 14.1. The van der Waals surface area contributed by atoms with E-state index in [9.17, 15) is 0 Å². The average molecular weight is 271 g/mol. The van der Waals surface area contributed by atoms with E-state index in [2.05, 4.69) is 54.6 Å². The maximum Gasteiger partial charge on any atom is 0.0670 e. The molecule has 0 aliphatic carbocycles. The maximum absolute atomic E-state index is 8.58. The Hall–Kier alpha value is -0.560. The molecule has 0 heterocycles. The Morgan fingerprint density at radius 3 is 2.58 bits per heavy atom. The van der Waals surface area contributed by atoms with Crippen molar-refractivity contribution >= 4 is 22.6 Å². The number of hydrogen-bond acceptors (Lipinski definition) is 1. The molecule has 0 aliphatic rings. The van der Waals surface area contributed by atoms with Gasteiger partial charge in [-0.1, -0.05) is 6.07 Å². The fourth-order valence-corrected chi connectivity index (χ4v) is 2.36. The lowest BCUT2D eigenvalue weighted by Crippen LogP contribution is -1.93. The monoisotopic (exact) mass is 271 g/mol. The van der Waals surface area contributed by atoms with E-state index in [4.69, 9.17) is 5.26 Å². The number of rotatable bonds is 1. The minimum absolute atomic E-state index is 0.518. The van der Waals surface area contributed by atoms with Gasteiger partial charge in [0.05, 0.1) is 12.5 Å². The lowest BCUT2D eigenvalue weighted by molar-refractivity contribution is 1.18. The number of benzene rings is 1. The van der Waals surface area contributed by atoms with Gasteiger partial charge in [-0.3, -0.25) is 0 Å². The van der Waals surface area contributed by atoms with E-state index in [1.165, 1.54) is 20.3 Å². The highest BCUT2D eigenvalue weighted by Gasteiger charge is 2.03. The van der Waals surface area contributed by atoms with Crippen molar-refractivity contribution in [1.82, 2.24) is 0 Å². The second-order valence-corrected chi connectivity index (χ2v) is 4.04. The Morgan fingerprint density at radius 1 is 1.42 bits per heavy atom. The van der Waals surface area contributed by atoms with Crippen LogP contribution in [0.15, 0.2) is 12.1 Å². The van der Waals surface area contributed by atoms with Crippen LogP contribution in [0.25, 0.3) is 0 Å². The third kappa shape index (κ3) is 1.98. The van der Waals surface area contributed by atoms with Crippen molar-refractivity contribution in [3.8, 4) is 6.07 Å². The molecule has 1 rings (SSSR count). The fraction of sp³-hybridized carbons (Fsp3) is 0.300. The molecule has 12 heavy (non-hydrogen) atoms. The van der Waals surface area contributed by atoms with Crippen molar-refractivity contribution in [3.63, 3.8) is 0 Å². The molecule has 0 bridgehead atoms. The Labute approximate surface area is 86.5 Å². The van der Waals surface area contributed by atoms with Gasteiger partial charge in [0.25, 0.3) is 0 Å². The summed E-state index contributed by atoms with van der Waals surface area (Å²) in [7, 11) is 0. The summed E-state index contributed by atoms with van der Waals surface area (Å²) in [4.78, 5) is 0. The first-order valence-electron chi connectivity index (χ1n) is 3.77. The molecule has 0 amide bonds. The third-order valence-electron chi connectivity index (χ3n) is 1.82. The van der Waals surface area contributed by atoms with Gasteiger partial charge in [-0.05, 0) is 59.2 Å². The number of nitriles is 1. The molecule has 0 aromatic heterocycles. The van der Waals surface area contributed by atoms with Crippen LogP contribution >= 0.6 is 22.6 Å².